The van der Waals surface area contributed by atoms with Gasteiger partial charge in [0, 0.05) is 19.1 Å². The van der Waals surface area contributed by atoms with Crippen LogP contribution in [0.25, 0.3) is 0 Å². The van der Waals surface area contributed by atoms with Crippen LogP contribution < -0.4 is 10.9 Å². The predicted molar refractivity (Wildman–Crippen MR) is 82.5 cm³/mol. The van der Waals surface area contributed by atoms with Crippen LogP contribution in [0.1, 0.15) is 39.3 Å². The molecule has 4 nitrogen and oxygen atoms in total. The van der Waals surface area contributed by atoms with Gasteiger partial charge in [-0.1, -0.05) is 13.8 Å². The lowest BCUT2D eigenvalue weighted by Gasteiger charge is -2.15. The molecule has 0 aliphatic carbocycles. The van der Waals surface area contributed by atoms with E-state index in [1.807, 2.05) is 6.92 Å². The number of halogens is 1. The van der Waals surface area contributed by atoms with Crippen molar-refractivity contribution in [2.45, 2.75) is 53.1 Å². The SMILES string of the molecule is Cc1ncn(CCNC(C)CCC(C)C)c(=O)c1Br. The lowest BCUT2D eigenvalue weighted by molar-refractivity contribution is 0.438. The van der Waals surface area contributed by atoms with E-state index in [0.717, 1.165) is 18.2 Å². The fourth-order valence-electron chi connectivity index (χ4n) is 1.82. The molecule has 1 rings (SSSR count). The molecule has 1 aromatic rings. The molecule has 1 heterocycles. The highest BCUT2D eigenvalue weighted by Crippen LogP contribution is 2.07. The number of rotatable bonds is 7. The molecule has 0 aromatic carbocycles. The summed E-state index contributed by atoms with van der Waals surface area (Å²) in [6.07, 6.45) is 4.01. The molecule has 1 N–H and O–H groups in total. The molecule has 0 bridgehead atoms. The molecule has 1 aromatic heterocycles. The van der Waals surface area contributed by atoms with Crippen LogP contribution >= 0.6 is 15.9 Å². The van der Waals surface area contributed by atoms with Gasteiger partial charge in [-0.15, -0.1) is 0 Å². The van der Waals surface area contributed by atoms with Gasteiger partial charge >= 0.3 is 0 Å². The van der Waals surface area contributed by atoms with E-state index in [-0.39, 0.29) is 5.56 Å². The van der Waals surface area contributed by atoms with Gasteiger partial charge in [-0.25, -0.2) is 4.98 Å². The van der Waals surface area contributed by atoms with E-state index in [4.69, 9.17) is 0 Å². The number of aromatic nitrogens is 2. The van der Waals surface area contributed by atoms with Gasteiger partial charge in [0.15, 0.2) is 0 Å². The Morgan fingerprint density at radius 1 is 1.37 bits per heavy atom. The maximum absolute atomic E-state index is 11.9. The smallest absolute Gasteiger partial charge is 0.267 e. The Morgan fingerprint density at radius 3 is 2.68 bits per heavy atom. The van der Waals surface area contributed by atoms with Crippen LogP contribution in [0.2, 0.25) is 0 Å². The second kappa shape index (κ2) is 7.80. The number of nitrogens with one attached hydrogen (secondary N) is 1. The van der Waals surface area contributed by atoms with Gasteiger partial charge < -0.3 is 5.32 Å². The van der Waals surface area contributed by atoms with Crippen molar-refractivity contribution in [2.24, 2.45) is 5.92 Å². The van der Waals surface area contributed by atoms with Crippen LogP contribution in [0, 0.1) is 12.8 Å². The molecule has 1 unspecified atom stereocenters. The van der Waals surface area contributed by atoms with E-state index in [1.54, 1.807) is 10.9 Å². The Balaban J connectivity index is 2.41. The molecule has 1 atom stereocenters. The van der Waals surface area contributed by atoms with Crippen molar-refractivity contribution >= 4 is 15.9 Å². The Labute approximate surface area is 123 Å². The number of hydrogen-bond acceptors (Lipinski definition) is 3. The minimum Gasteiger partial charge on any atom is -0.312 e. The standard InChI is InChI=1S/C14H24BrN3O/c1-10(2)5-6-11(3)16-7-8-18-9-17-12(4)13(15)14(18)19/h9-11,16H,5-8H2,1-4H3. The van der Waals surface area contributed by atoms with E-state index in [1.165, 1.54) is 12.8 Å². The largest absolute Gasteiger partial charge is 0.312 e. The second-order valence-electron chi connectivity index (χ2n) is 5.47. The topological polar surface area (TPSA) is 46.9 Å². The van der Waals surface area contributed by atoms with Crippen molar-refractivity contribution in [1.82, 2.24) is 14.9 Å². The van der Waals surface area contributed by atoms with E-state index in [0.29, 0.717) is 17.1 Å². The van der Waals surface area contributed by atoms with Crippen molar-refractivity contribution in [3.63, 3.8) is 0 Å². The highest BCUT2D eigenvalue weighted by atomic mass is 79.9. The number of aryl methyl sites for hydroxylation is 1. The molecule has 5 heteroatoms. The Morgan fingerprint density at radius 2 is 2.05 bits per heavy atom. The second-order valence-corrected chi connectivity index (χ2v) is 6.26. The summed E-state index contributed by atoms with van der Waals surface area (Å²) < 4.78 is 2.20. The highest BCUT2D eigenvalue weighted by molar-refractivity contribution is 9.10. The monoisotopic (exact) mass is 329 g/mol. The quantitative estimate of drug-likeness (QED) is 0.836. The first kappa shape index (κ1) is 16.4. The zero-order valence-electron chi connectivity index (χ0n) is 12.2. The average molecular weight is 330 g/mol. The Hall–Kier alpha value is -0.680. The maximum atomic E-state index is 11.9. The van der Waals surface area contributed by atoms with Crippen LogP contribution in [0.3, 0.4) is 0 Å². The minimum atomic E-state index is -0.0101. The molecule has 0 aliphatic heterocycles. The summed E-state index contributed by atoms with van der Waals surface area (Å²) in [6.45, 7) is 9.92. The van der Waals surface area contributed by atoms with Crippen molar-refractivity contribution in [2.75, 3.05) is 6.54 Å². The summed E-state index contributed by atoms with van der Waals surface area (Å²) >= 11 is 3.28. The third-order valence-corrected chi connectivity index (χ3v) is 4.09. The van der Waals surface area contributed by atoms with Gasteiger partial charge in [-0.3, -0.25) is 9.36 Å². The highest BCUT2D eigenvalue weighted by Gasteiger charge is 2.06. The number of hydrogen-bond donors (Lipinski definition) is 1. The fraction of sp³-hybridized carbons (Fsp3) is 0.714. The minimum absolute atomic E-state index is 0.0101. The summed E-state index contributed by atoms with van der Waals surface area (Å²) in [5.41, 5.74) is 0.726. The van der Waals surface area contributed by atoms with Crippen molar-refractivity contribution in [3.8, 4) is 0 Å². The molecule has 0 amide bonds. The molecule has 108 valence electrons. The first-order valence-corrected chi connectivity index (χ1v) is 7.66. The fourth-order valence-corrected chi connectivity index (χ4v) is 2.15. The Kier molecular flexibility index (Phi) is 6.72. The van der Waals surface area contributed by atoms with E-state index < -0.39 is 0 Å². The molecule has 0 radical (unpaired) electrons. The van der Waals surface area contributed by atoms with Gasteiger partial charge in [0.2, 0.25) is 0 Å². The van der Waals surface area contributed by atoms with Gasteiger partial charge in [-0.2, -0.15) is 0 Å². The summed E-state index contributed by atoms with van der Waals surface area (Å²) in [4.78, 5) is 16.1. The van der Waals surface area contributed by atoms with Gasteiger partial charge in [0.25, 0.3) is 5.56 Å². The first-order chi connectivity index (χ1) is 8.91. The zero-order valence-corrected chi connectivity index (χ0v) is 13.8. The van der Waals surface area contributed by atoms with Crippen molar-refractivity contribution in [3.05, 3.63) is 26.8 Å². The third kappa shape index (κ3) is 5.45. The number of nitrogens with zero attached hydrogens (tertiary/aromatic N) is 2. The lowest BCUT2D eigenvalue weighted by Crippen LogP contribution is -2.33. The van der Waals surface area contributed by atoms with Crippen LogP contribution in [0.4, 0.5) is 0 Å². The molecule has 0 spiro atoms. The van der Waals surface area contributed by atoms with E-state index >= 15 is 0 Å². The van der Waals surface area contributed by atoms with Gasteiger partial charge in [0.05, 0.1) is 12.0 Å². The van der Waals surface area contributed by atoms with E-state index in [2.05, 4.69) is 47.0 Å². The lowest BCUT2D eigenvalue weighted by atomic mass is 10.0. The molecule has 0 saturated heterocycles. The zero-order chi connectivity index (χ0) is 14.4. The summed E-state index contributed by atoms with van der Waals surface area (Å²) in [6, 6.07) is 0.486. The molecular weight excluding hydrogens is 306 g/mol. The van der Waals surface area contributed by atoms with Crippen LogP contribution in [0.5, 0.6) is 0 Å². The summed E-state index contributed by atoms with van der Waals surface area (Å²) in [7, 11) is 0. The molecule has 0 saturated carbocycles. The summed E-state index contributed by atoms with van der Waals surface area (Å²) in [5, 5.41) is 3.44. The average Bonchev–Trinajstić information content (AvgIpc) is 2.36. The first-order valence-electron chi connectivity index (χ1n) is 6.86. The van der Waals surface area contributed by atoms with Gasteiger partial charge in [0.1, 0.15) is 4.47 Å². The summed E-state index contributed by atoms with van der Waals surface area (Å²) in [5.74, 6) is 0.740. The Bertz CT molecular complexity index is 456. The van der Waals surface area contributed by atoms with E-state index in [9.17, 15) is 4.79 Å². The van der Waals surface area contributed by atoms with Crippen molar-refractivity contribution in [1.29, 1.82) is 0 Å². The molecule has 0 aliphatic rings. The predicted octanol–water partition coefficient (Wildman–Crippen LogP) is 2.73. The van der Waals surface area contributed by atoms with Crippen LogP contribution in [-0.4, -0.2) is 22.1 Å². The maximum Gasteiger partial charge on any atom is 0.267 e. The molecule has 0 fully saturated rings. The van der Waals surface area contributed by atoms with Gasteiger partial charge in [-0.05, 0) is 48.5 Å². The van der Waals surface area contributed by atoms with Crippen LogP contribution in [0.15, 0.2) is 15.6 Å². The molecular formula is C14H24BrN3O. The van der Waals surface area contributed by atoms with Crippen LogP contribution in [-0.2, 0) is 6.54 Å². The molecule has 19 heavy (non-hydrogen) atoms. The third-order valence-electron chi connectivity index (χ3n) is 3.18. The van der Waals surface area contributed by atoms with Crippen molar-refractivity contribution < 1.29 is 0 Å². The normalized spacial score (nSPS) is 12.9.